The molecule has 3 atom stereocenters. The summed E-state index contributed by atoms with van der Waals surface area (Å²) in [6.45, 7) is 49.4. The summed E-state index contributed by atoms with van der Waals surface area (Å²) in [5.74, 6) is 0.417. The summed E-state index contributed by atoms with van der Waals surface area (Å²) < 4.78 is 0. The van der Waals surface area contributed by atoms with Crippen molar-refractivity contribution in [1.29, 1.82) is 0 Å². The fourth-order valence-electron chi connectivity index (χ4n) is 3.29. The molecule has 0 saturated carbocycles. The van der Waals surface area contributed by atoms with Crippen LogP contribution in [0.1, 0.15) is 205 Å². The molecule has 358 valence electrons. The molecular weight excluding hydrogens is 721 g/mol. The SMILES string of the molecule is C.CC(C)(C)C.CC(C)(C)C(CO)CO.CC(C)(C)CC(O)CO.CC(C)(C)CCC(O)CO.CC(C)(C)CCCO.CC(C)(C)CCO.C[C@H](CO)C(C)(C)C. The predicted molar refractivity (Wildman–Crippen MR) is 251 cm³/mol. The number of hydrogen-bond donors (Lipinski definition) is 9. The third kappa shape index (κ3) is 92.3. The molecule has 0 amide bonds. The standard InChI is InChI=1S/C8H18O2.2C7H16O2.2C7H16O.C6H14O.C5H12.CH4/c1-8(2,3)5-4-7(10)6-9;1-7(2,3)6(4-8)5-9;1-7(2,3)4-6(9)5-8;1-6(5-8)7(2,3)4;1-7(2,3)5-4-6-8;1-6(2,3)4-5-7;1-5(2,3)4;/h7,9-10H,4-6H2,1-3H3;2*6,8-9H,4-5H2,1-3H3;6,8H,5H2,1-4H3;8H,4-6H2,1-3H3;7H,4-5H2,1-3H3;1-4H3;1H4/t;;;6-;;;;/m...1..../s1. The van der Waals surface area contributed by atoms with Crippen LogP contribution in [0.25, 0.3) is 0 Å². The normalized spacial score (nSPS) is 13.6. The molecule has 0 bridgehead atoms. The first-order valence-corrected chi connectivity index (χ1v) is 21.2. The van der Waals surface area contributed by atoms with E-state index in [4.69, 9.17) is 46.0 Å². The van der Waals surface area contributed by atoms with Gasteiger partial charge in [0.25, 0.3) is 0 Å². The molecule has 2 unspecified atom stereocenters. The molecule has 9 heteroatoms. The largest absolute Gasteiger partial charge is 0.396 e. The van der Waals surface area contributed by atoms with Crippen LogP contribution in [0.5, 0.6) is 0 Å². The lowest BCUT2D eigenvalue weighted by Crippen LogP contribution is -2.26. The smallest absolute Gasteiger partial charge is 0.0775 e. The molecule has 9 N–H and O–H groups in total. The van der Waals surface area contributed by atoms with Gasteiger partial charge in [0.2, 0.25) is 0 Å². The molecule has 9 nitrogen and oxygen atoms in total. The van der Waals surface area contributed by atoms with Crippen LogP contribution < -0.4 is 0 Å². The van der Waals surface area contributed by atoms with Gasteiger partial charge in [-0.2, -0.15) is 0 Å². The number of aliphatic hydroxyl groups excluding tert-OH is 9. The molecule has 0 heterocycles. The van der Waals surface area contributed by atoms with Crippen LogP contribution in [0, 0.1) is 49.7 Å². The molecule has 0 radical (unpaired) electrons. The first-order valence-electron chi connectivity index (χ1n) is 21.2. The fraction of sp³-hybridized carbons (Fsp3) is 1.00. The second-order valence-electron chi connectivity index (χ2n) is 23.8. The van der Waals surface area contributed by atoms with Gasteiger partial charge in [0, 0.05) is 39.0 Å². The minimum Gasteiger partial charge on any atom is -0.396 e. The van der Waals surface area contributed by atoms with Gasteiger partial charge in [-0.1, -0.05) is 167 Å². The van der Waals surface area contributed by atoms with Crippen LogP contribution in [0.3, 0.4) is 0 Å². The molecule has 0 saturated heterocycles. The Hall–Kier alpha value is -0.360. The Morgan fingerprint density at radius 2 is 0.719 bits per heavy atom. The van der Waals surface area contributed by atoms with Gasteiger partial charge in [0.05, 0.1) is 25.4 Å². The van der Waals surface area contributed by atoms with Gasteiger partial charge in [-0.15, -0.1) is 0 Å². The summed E-state index contributed by atoms with van der Waals surface area (Å²) in [7, 11) is 0. The third-order valence-electron chi connectivity index (χ3n) is 7.86. The van der Waals surface area contributed by atoms with Crippen LogP contribution >= 0.6 is 0 Å². The van der Waals surface area contributed by atoms with Crippen LogP contribution in [-0.4, -0.2) is 104 Å². The minimum absolute atomic E-state index is 0. The van der Waals surface area contributed by atoms with Crippen molar-refractivity contribution < 1.29 is 46.0 Å². The molecule has 57 heavy (non-hydrogen) atoms. The Labute approximate surface area is 358 Å². The molecule has 0 aromatic rings. The van der Waals surface area contributed by atoms with Gasteiger partial charge in [0.1, 0.15) is 0 Å². The lowest BCUT2D eigenvalue weighted by Gasteiger charge is -2.26. The monoisotopic (exact) mass is 833 g/mol. The van der Waals surface area contributed by atoms with Crippen molar-refractivity contribution in [2.75, 3.05) is 46.2 Å². The zero-order valence-corrected chi connectivity index (χ0v) is 42.0. The van der Waals surface area contributed by atoms with E-state index in [0.29, 0.717) is 54.8 Å². The molecule has 0 rings (SSSR count). The maximum Gasteiger partial charge on any atom is 0.0775 e. The van der Waals surface area contributed by atoms with Gasteiger partial charge in [-0.25, -0.2) is 0 Å². The molecule has 0 fully saturated rings. The minimum atomic E-state index is -0.551. The maximum absolute atomic E-state index is 8.97. The van der Waals surface area contributed by atoms with Crippen LogP contribution in [0.15, 0.2) is 0 Å². The van der Waals surface area contributed by atoms with Crippen molar-refractivity contribution >= 4 is 0 Å². The molecule has 0 aromatic carbocycles. The zero-order valence-electron chi connectivity index (χ0n) is 42.0. The fourth-order valence-corrected chi connectivity index (χ4v) is 3.29. The topological polar surface area (TPSA) is 182 Å². The van der Waals surface area contributed by atoms with Gasteiger partial charge in [0.15, 0.2) is 0 Å². The highest BCUT2D eigenvalue weighted by molar-refractivity contribution is 4.72. The van der Waals surface area contributed by atoms with Crippen molar-refractivity contribution in [2.24, 2.45) is 49.7 Å². The predicted octanol–water partition coefficient (Wildman–Crippen LogP) is 10.1. The first kappa shape index (κ1) is 74.1. The summed E-state index contributed by atoms with van der Waals surface area (Å²) in [6.07, 6.45) is 4.17. The average Bonchev–Trinajstić information content (AvgIpc) is 2.96. The summed E-state index contributed by atoms with van der Waals surface area (Å²) in [5.41, 5.74) is 1.84. The second-order valence-corrected chi connectivity index (χ2v) is 23.8. The second kappa shape index (κ2) is 37.4. The Morgan fingerprint density at radius 3 is 0.807 bits per heavy atom. The quantitative estimate of drug-likeness (QED) is 0.0979. The lowest BCUT2D eigenvalue weighted by atomic mass is 9.82. The highest BCUT2D eigenvalue weighted by Crippen LogP contribution is 2.25. The summed E-state index contributed by atoms with van der Waals surface area (Å²) in [5, 5.41) is 77.7. The Bertz CT molecular complexity index is 772. The highest BCUT2D eigenvalue weighted by Gasteiger charge is 2.22. The lowest BCUT2D eigenvalue weighted by molar-refractivity contribution is 0.0612. The third-order valence-corrected chi connectivity index (χ3v) is 7.86. The number of aliphatic hydroxyl groups is 9. The first-order chi connectivity index (χ1) is 24.5. The Balaban J connectivity index is -0.0000000823. The van der Waals surface area contributed by atoms with E-state index in [2.05, 4.69) is 118 Å². The summed E-state index contributed by atoms with van der Waals surface area (Å²) >= 11 is 0. The zero-order chi connectivity index (χ0) is 47.0. The van der Waals surface area contributed by atoms with Gasteiger partial charge < -0.3 is 46.0 Å². The van der Waals surface area contributed by atoms with E-state index in [1.54, 1.807) is 0 Å². The van der Waals surface area contributed by atoms with Crippen molar-refractivity contribution in [3.8, 4) is 0 Å². The van der Waals surface area contributed by atoms with Crippen molar-refractivity contribution in [1.82, 2.24) is 0 Å². The van der Waals surface area contributed by atoms with E-state index in [1.807, 2.05) is 41.5 Å². The van der Waals surface area contributed by atoms with Gasteiger partial charge in [-0.05, 0) is 82.3 Å². The molecule has 0 aliphatic carbocycles. The van der Waals surface area contributed by atoms with E-state index in [0.717, 1.165) is 25.7 Å². The van der Waals surface area contributed by atoms with Crippen LogP contribution in [-0.2, 0) is 0 Å². The van der Waals surface area contributed by atoms with Gasteiger partial charge >= 0.3 is 0 Å². The van der Waals surface area contributed by atoms with Crippen LogP contribution in [0.4, 0.5) is 0 Å². The number of rotatable bonds is 11. The van der Waals surface area contributed by atoms with Gasteiger partial charge in [-0.3, -0.25) is 0 Å². The molecule has 0 aromatic heterocycles. The van der Waals surface area contributed by atoms with E-state index in [9.17, 15) is 0 Å². The molecule has 0 aliphatic rings. The van der Waals surface area contributed by atoms with Crippen molar-refractivity contribution in [3.63, 3.8) is 0 Å². The molecular formula is C48H112O9. The van der Waals surface area contributed by atoms with E-state index >= 15 is 0 Å². The average molecular weight is 833 g/mol. The summed E-state index contributed by atoms with van der Waals surface area (Å²) in [6, 6.07) is 0. The molecule has 0 spiro atoms. The number of hydrogen-bond acceptors (Lipinski definition) is 9. The highest BCUT2D eigenvalue weighted by atomic mass is 16.3. The Kier molecular flexibility index (Phi) is 48.6. The Morgan fingerprint density at radius 1 is 0.386 bits per heavy atom. The van der Waals surface area contributed by atoms with Crippen molar-refractivity contribution in [2.45, 2.75) is 217 Å². The van der Waals surface area contributed by atoms with Crippen molar-refractivity contribution in [3.05, 3.63) is 0 Å². The van der Waals surface area contributed by atoms with E-state index in [-0.39, 0.29) is 61.4 Å². The maximum atomic E-state index is 8.97. The van der Waals surface area contributed by atoms with E-state index < -0.39 is 12.2 Å². The summed E-state index contributed by atoms with van der Waals surface area (Å²) in [4.78, 5) is 0. The van der Waals surface area contributed by atoms with E-state index in [1.165, 1.54) is 0 Å². The van der Waals surface area contributed by atoms with Crippen LogP contribution in [0.2, 0.25) is 0 Å². The molecule has 0 aliphatic heterocycles.